The second kappa shape index (κ2) is 5.07. The number of allylic oxidation sites excluding steroid dienone is 1. The predicted molar refractivity (Wildman–Crippen MR) is 54.3 cm³/mol. The van der Waals surface area contributed by atoms with Crippen LogP contribution in [0.2, 0.25) is 0 Å². The monoisotopic (exact) mass is 191 g/mol. The number of methoxy groups -OCH3 is 2. The largest absolute Gasteiger partial charge is 0.493 e. The second-order valence-electron chi connectivity index (χ2n) is 2.53. The van der Waals surface area contributed by atoms with Crippen molar-refractivity contribution in [3.63, 3.8) is 0 Å². The van der Waals surface area contributed by atoms with E-state index < -0.39 is 0 Å². The van der Waals surface area contributed by atoms with Gasteiger partial charge < -0.3 is 9.47 Å². The molecule has 0 unspecified atom stereocenters. The van der Waals surface area contributed by atoms with Gasteiger partial charge in [0.05, 0.1) is 14.2 Å². The molecular weight excluding hydrogens is 180 g/mol. The van der Waals surface area contributed by atoms with Crippen molar-refractivity contribution < 1.29 is 14.3 Å². The van der Waals surface area contributed by atoms with Crippen LogP contribution in [0.3, 0.4) is 0 Å². The van der Waals surface area contributed by atoms with Gasteiger partial charge in [0.25, 0.3) is 0 Å². The van der Waals surface area contributed by atoms with E-state index in [4.69, 9.17) is 9.47 Å². The van der Waals surface area contributed by atoms with Crippen molar-refractivity contribution in [3.05, 3.63) is 29.8 Å². The van der Waals surface area contributed by atoms with E-state index in [1.807, 2.05) is 12.1 Å². The molecule has 1 aromatic rings. The summed E-state index contributed by atoms with van der Waals surface area (Å²) in [4.78, 5) is 10.0. The summed E-state index contributed by atoms with van der Waals surface area (Å²) < 4.78 is 10.3. The van der Waals surface area contributed by atoms with E-state index in [1.54, 1.807) is 32.6 Å². The van der Waals surface area contributed by atoms with Crippen molar-refractivity contribution in [2.45, 2.75) is 0 Å². The maximum atomic E-state index is 10.0. The van der Waals surface area contributed by atoms with Crippen molar-refractivity contribution >= 4 is 12.4 Å². The number of hydrogen-bond donors (Lipinski definition) is 0. The van der Waals surface area contributed by atoms with Crippen molar-refractivity contribution in [3.8, 4) is 11.5 Å². The van der Waals surface area contributed by atoms with Gasteiger partial charge in [0.15, 0.2) is 11.5 Å². The van der Waals surface area contributed by atoms with Crippen LogP contribution in [-0.4, -0.2) is 20.5 Å². The van der Waals surface area contributed by atoms with Crippen molar-refractivity contribution in [2.75, 3.05) is 14.2 Å². The van der Waals surface area contributed by atoms with Gasteiger partial charge in [-0.15, -0.1) is 0 Å². The summed E-state index contributed by atoms with van der Waals surface area (Å²) in [5.41, 5.74) is 0.787. The number of benzene rings is 1. The molecule has 0 atom stereocenters. The highest BCUT2D eigenvalue weighted by Crippen LogP contribution is 2.31. The highest BCUT2D eigenvalue weighted by Gasteiger charge is 2.05. The Kier molecular flexibility index (Phi) is 3.73. The van der Waals surface area contributed by atoms with Crippen LogP contribution >= 0.6 is 0 Å². The Balaban J connectivity index is 3.14. The summed E-state index contributed by atoms with van der Waals surface area (Å²) in [6, 6.07) is 5.45. The SMILES string of the molecule is COc1cccc(/C=C/[C]=O)c1OC. The van der Waals surface area contributed by atoms with Crippen LogP contribution < -0.4 is 9.47 Å². The molecule has 3 heteroatoms. The Labute approximate surface area is 83.0 Å². The minimum absolute atomic E-state index is 0.613. The lowest BCUT2D eigenvalue weighted by Gasteiger charge is -2.09. The Bertz CT molecular complexity index is 342. The topological polar surface area (TPSA) is 35.5 Å². The number of hydrogen-bond acceptors (Lipinski definition) is 3. The first-order valence-electron chi connectivity index (χ1n) is 4.08. The lowest BCUT2D eigenvalue weighted by atomic mass is 10.1. The minimum Gasteiger partial charge on any atom is -0.493 e. The highest BCUT2D eigenvalue weighted by atomic mass is 16.5. The maximum Gasteiger partial charge on any atom is 0.225 e. The second-order valence-corrected chi connectivity index (χ2v) is 2.53. The van der Waals surface area contributed by atoms with Crippen molar-refractivity contribution in [1.29, 1.82) is 0 Å². The van der Waals surface area contributed by atoms with Gasteiger partial charge in [-0.05, 0) is 18.2 Å². The highest BCUT2D eigenvalue weighted by molar-refractivity contribution is 5.76. The van der Waals surface area contributed by atoms with E-state index in [9.17, 15) is 4.79 Å². The summed E-state index contributed by atoms with van der Waals surface area (Å²) in [7, 11) is 3.12. The van der Waals surface area contributed by atoms with E-state index >= 15 is 0 Å². The molecule has 0 spiro atoms. The molecule has 0 aliphatic rings. The molecule has 14 heavy (non-hydrogen) atoms. The van der Waals surface area contributed by atoms with Gasteiger partial charge in [-0.3, -0.25) is 4.79 Å². The van der Waals surface area contributed by atoms with Crippen LogP contribution in [0.1, 0.15) is 5.56 Å². The fourth-order valence-electron chi connectivity index (χ4n) is 1.17. The fourth-order valence-corrected chi connectivity index (χ4v) is 1.17. The Morgan fingerprint density at radius 1 is 1.29 bits per heavy atom. The molecule has 0 N–H and O–H groups in total. The average Bonchev–Trinajstić information content (AvgIpc) is 2.25. The van der Waals surface area contributed by atoms with Gasteiger partial charge >= 0.3 is 0 Å². The summed E-state index contributed by atoms with van der Waals surface area (Å²) in [5.74, 6) is 1.25. The molecule has 1 radical (unpaired) electrons. The fraction of sp³-hybridized carbons (Fsp3) is 0.182. The molecule has 0 aromatic heterocycles. The number of rotatable bonds is 4. The first-order valence-corrected chi connectivity index (χ1v) is 4.08. The van der Waals surface area contributed by atoms with Crippen LogP contribution in [-0.2, 0) is 4.79 Å². The van der Waals surface area contributed by atoms with Crippen LogP contribution in [0, 0.1) is 0 Å². The molecule has 0 bridgehead atoms. The molecule has 0 saturated heterocycles. The molecular formula is C11H11O3. The van der Waals surface area contributed by atoms with E-state index in [2.05, 4.69) is 0 Å². The van der Waals surface area contributed by atoms with E-state index in [-0.39, 0.29) is 0 Å². The molecule has 1 aromatic carbocycles. The molecule has 3 nitrogen and oxygen atoms in total. The zero-order chi connectivity index (χ0) is 10.4. The molecule has 0 saturated carbocycles. The van der Waals surface area contributed by atoms with Gasteiger partial charge in [-0.25, -0.2) is 0 Å². The van der Waals surface area contributed by atoms with Gasteiger partial charge in [-0.1, -0.05) is 12.1 Å². The Hall–Kier alpha value is -1.77. The minimum atomic E-state index is 0.613. The third kappa shape index (κ3) is 2.13. The predicted octanol–water partition coefficient (Wildman–Crippen LogP) is 1.83. The molecule has 0 fully saturated rings. The normalized spacial score (nSPS) is 10.1. The van der Waals surface area contributed by atoms with Gasteiger partial charge in [-0.2, -0.15) is 0 Å². The van der Waals surface area contributed by atoms with Crippen LogP contribution in [0.4, 0.5) is 0 Å². The third-order valence-electron chi connectivity index (χ3n) is 1.76. The van der Waals surface area contributed by atoms with Gasteiger partial charge in [0, 0.05) is 5.56 Å². The van der Waals surface area contributed by atoms with Crippen molar-refractivity contribution in [1.82, 2.24) is 0 Å². The Morgan fingerprint density at radius 3 is 2.64 bits per heavy atom. The first-order chi connectivity index (χ1) is 6.83. The standard InChI is InChI=1S/C11H11O3/c1-13-10-7-3-5-9(6-4-8-12)11(10)14-2/h3-7H,1-2H3/b6-4+. The van der Waals surface area contributed by atoms with Gasteiger partial charge in [0.1, 0.15) is 0 Å². The van der Waals surface area contributed by atoms with Gasteiger partial charge in [0.2, 0.25) is 6.29 Å². The van der Waals surface area contributed by atoms with Crippen LogP contribution in [0.25, 0.3) is 6.08 Å². The molecule has 1 rings (SSSR count). The zero-order valence-corrected chi connectivity index (χ0v) is 8.11. The summed E-state index contributed by atoms with van der Waals surface area (Å²) in [6.07, 6.45) is 4.59. The molecule has 0 amide bonds. The van der Waals surface area contributed by atoms with E-state index in [0.29, 0.717) is 11.5 Å². The molecule has 0 aliphatic heterocycles. The first kappa shape index (κ1) is 10.3. The summed E-state index contributed by atoms with van der Waals surface area (Å²) >= 11 is 0. The molecule has 0 heterocycles. The number of carbonyl (C=O) groups excluding carboxylic acids is 1. The van der Waals surface area contributed by atoms with Crippen molar-refractivity contribution in [2.24, 2.45) is 0 Å². The smallest absolute Gasteiger partial charge is 0.225 e. The molecule has 0 aliphatic carbocycles. The quantitative estimate of drug-likeness (QED) is 0.681. The summed E-state index contributed by atoms with van der Waals surface area (Å²) in [6.45, 7) is 0. The van der Waals surface area contributed by atoms with E-state index in [0.717, 1.165) is 5.56 Å². The molecule has 73 valence electrons. The average molecular weight is 191 g/mol. The lowest BCUT2D eigenvalue weighted by Crippen LogP contribution is -1.92. The number of para-hydroxylation sites is 1. The Morgan fingerprint density at radius 2 is 2.07 bits per heavy atom. The third-order valence-corrected chi connectivity index (χ3v) is 1.76. The summed E-state index contributed by atoms with van der Waals surface area (Å²) in [5, 5.41) is 0. The lowest BCUT2D eigenvalue weighted by molar-refractivity contribution is 0.354. The van der Waals surface area contributed by atoms with E-state index in [1.165, 1.54) is 6.08 Å². The number of ether oxygens (including phenoxy) is 2. The maximum absolute atomic E-state index is 10.0. The van der Waals surface area contributed by atoms with Crippen LogP contribution in [0.15, 0.2) is 24.3 Å². The zero-order valence-electron chi connectivity index (χ0n) is 8.11. The van der Waals surface area contributed by atoms with Crippen LogP contribution in [0.5, 0.6) is 11.5 Å².